The summed E-state index contributed by atoms with van der Waals surface area (Å²) in [4.78, 5) is 21.5. The van der Waals surface area contributed by atoms with Gasteiger partial charge in [-0.2, -0.15) is 0 Å². The first-order valence-electron chi connectivity index (χ1n) is 9.80. The topological polar surface area (TPSA) is 48.5 Å². The van der Waals surface area contributed by atoms with Crippen molar-refractivity contribution >= 4 is 32.7 Å². The first-order valence-corrected chi connectivity index (χ1v) is 10.6. The van der Waals surface area contributed by atoms with Crippen molar-refractivity contribution in [2.24, 2.45) is 0 Å². The van der Waals surface area contributed by atoms with E-state index in [9.17, 15) is 4.79 Å². The smallest absolute Gasteiger partial charge is 0.317 e. The number of benzene rings is 2. The number of aryl methyl sites for hydroxylation is 2. The van der Waals surface area contributed by atoms with E-state index in [0.29, 0.717) is 6.54 Å². The Bertz CT molecular complexity index is 961. The van der Waals surface area contributed by atoms with Gasteiger partial charge in [-0.15, -0.1) is 0 Å². The summed E-state index contributed by atoms with van der Waals surface area (Å²) in [5, 5.41) is 4.11. The van der Waals surface area contributed by atoms with Crippen molar-refractivity contribution in [2.75, 3.05) is 37.6 Å². The molecule has 1 aliphatic rings. The van der Waals surface area contributed by atoms with E-state index in [0.717, 1.165) is 43.2 Å². The number of rotatable bonds is 4. The molecule has 0 atom stereocenters. The normalized spacial score (nSPS) is 14.5. The Morgan fingerprint density at radius 2 is 1.82 bits per heavy atom. The van der Waals surface area contributed by atoms with E-state index in [-0.39, 0.29) is 6.03 Å². The van der Waals surface area contributed by atoms with Gasteiger partial charge in [-0.05, 0) is 43.0 Å². The highest BCUT2D eigenvalue weighted by Gasteiger charge is 2.23. The number of amides is 2. The van der Waals surface area contributed by atoms with Crippen LogP contribution in [0.3, 0.4) is 0 Å². The molecule has 1 fully saturated rings. The second-order valence-corrected chi connectivity index (χ2v) is 8.30. The minimum absolute atomic E-state index is 0.0337. The third-order valence-electron chi connectivity index (χ3n) is 5.44. The minimum atomic E-state index is 0.0337. The molecule has 146 valence electrons. The molecule has 1 saturated heterocycles. The van der Waals surface area contributed by atoms with Gasteiger partial charge in [-0.3, -0.25) is 0 Å². The summed E-state index contributed by atoms with van der Waals surface area (Å²) in [6.45, 7) is 8.03. The van der Waals surface area contributed by atoms with Gasteiger partial charge in [-0.25, -0.2) is 9.78 Å². The average molecular weight is 395 g/mol. The summed E-state index contributed by atoms with van der Waals surface area (Å²) in [5.74, 6) is 0. The molecule has 28 heavy (non-hydrogen) atoms. The van der Waals surface area contributed by atoms with Gasteiger partial charge in [0.2, 0.25) is 0 Å². The molecule has 1 aliphatic heterocycles. The second kappa shape index (κ2) is 8.19. The molecule has 2 amide bonds. The highest BCUT2D eigenvalue weighted by molar-refractivity contribution is 7.22. The van der Waals surface area contributed by atoms with Crippen LogP contribution in [-0.4, -0.2) is 48.6 Å². The molecule has 2 heterocycles. The first kappa shape index (κ1) is 18.7. The Morgan fingerprint density at radius 3 is 2.57 bits per heavy atom. The van der Waals surface area contributed by atoms with Gasteiger partial charge in [0.05, 0.1) is 10.2 Å². The van der Waals surface area contributed by atoms with Crippen molar-refractivity contribution in [3.63, 3.8) is 0 Å². The molecule has 0 spiro atoms. The van der Waals surface area contributed by atoms with Crippen molar-refractivity contribution in [2.45, 2.75) is 20.3 Å². The number of aromatic nitrogens is 1. The number of hydrogen-bond donors (Lipinski definition) is 1. The van der Waals surface area contributed by atoms with Crippen LogP contribution in [0.25, 0.3) is 10.2 Å². The Balaban J connectivity index is 1.30. The third-order valence-corrected chi connectivity index (χ3v) is 6.53. The Hall–Kier alpha value is -2.60. The van der Waals surface area contributed by atoms with E-state index in [1.165, 1.54) is 21.4 Å². The number of carbonyl (C=O) groups is 1. The van der Waals surface area contributed by atoms with Gasteiger partial charge < -0.3 is 15.1 Å². The maximum atomic E-state index is 12.4. The van der Waals surface area contributed by atoms with Gasteiger partial charge in [0.25, 0.3) is 0 Å². The largest absolute Gasteiger partial charge is 0.345 e. The zero-order valence-corrected chi connectivity index (χ0v) is 17.3. The molecule has 6 heteroatoms. The lowest BCUT2D eigenvalue weighted by molar-refractivity contribution is 0.194. The molecule has 0 bridgehead atoms. The summed E-state index contributed by atoms with van der Waals surface area (Å²) in [5.41, 5.74) is 4.90. The van der Waals surface area contributed by atoms with Gasteiger partial charge in [0.1, 0.15) is 0 Å². The molecule has 0 unspecified atom stereocenters. The van der Waals surface area contributed by atoms with Crippen molar-refractivity contribution in [3.05, 3.63) is 59.2 Å². The van der Waals surface area contributed by atoms with Gasteiger partial charge in [0.15, 0.2) is 5.13 Å². The summed E-state index contributed by atoms with van der Waals surface area (Å²) < 4.78 is 1.24. The number of anilines is 1. The Labute approximate surface area is 170 Å². The van der Waals surface area contributed by atoms with Crippen LogP contribution in [0.1, 0.15) is 16.7 Å². The number of hydrogen-bond acceptors (Lipinski definition) is 4. The predicted molar refractivity (Wildman–Crippen MR) is 116 cm³/mol. The first-order chi connectivity index (χ1) is 13.6. The standard InChI is InChI=1S/C22H26N4OS/c1-16-8-9-19-20(17(16)2)24-22(28-19)26-14-12-25(13-15-26)21(27)23-11-10-18-6-4-3-5-7-18/h3-9H,10-15H2,1-2H3,(H,23,27). The molecule has 4 rings (SSSR count). The number of fused-ring (bicyclic) bond motifs is 1. The monoisotopic (exact) mass is 394 g/mol. The van der Waals surface area contributed by atoms with Crippen LogP contribution in [0.2, 0.25) is 0 Å². The lowest BCUT2D eigenvalue weighted by Crippen LogP contribution is -2.52. The lowest BCUT2D eigenvalue weighted by atomic mass is 10.1. The number of urea groups is 1. The van der Waals surface area contributed by atoms with E-state index < -0.39 is 0 Å². The van der Waals surface area contributed by atoms with Crippen LogP contribution in [0.4, 0.5) is 9.93 Å². The van der Waals surface area contributed by atoms with Crippen LogP contribution < -0.4 is 10.2 Å². The fraction of sp³-hybridized carbons (Fsp3) is 0.364. The average Bonchev–Trinajstić information content (AvgIpc) is 3.17. The van der Waals surface area contributed by atoms with Crippen LogP contribution in [0.5, 0.6) is 0 Å². The Morgan fingerprint density at radius 1 is 1.07 bits per heavy atom. The molecule has 2 aromatic carbocycles. The lowest BCUT2D eigenvalue weighted by Gasteiger charge is -2.34. The number of piperazine rings is 1. The minimum Gasteiger partial charge on any atom is -0.345 e. The highest BCUT2D eigenvalue weighted by atomic mass is 32.1. The molecular weight excluding hydrogens is 368 g/mol. The van der Waals surface area contributed by atoms with Gasteiger partial charge >= 0.3 is 6.03 Å². The van der Waals surface area contributed by atoms with Gasteiger partial charge in [0, 0.05) is 32.7 Å². The van der Waals surface area contributed by atoms with E-state index in [1.54, 1.807) is 11.3 Å². The van der Waals surface area contributed by atoms with Crippen LogP contribution in [0, 0.1) is 13.8 Å². The summed E-state index contributed by atoms with van der Waals surface area (Å²) in [7, 11) is 0. The SMILES string of the molecule is Cc1ccc2sc(N3CCN(C(=O)NCCc4ccccc4)CC3)nc2c1C. The summed E-state index contributed by atoms with van der Waals surface area (Å²) in [6.07, 6.45) is 0.858. The second-order valence-electron chi connectivity index (χ2n) is 7.29. The number of nitrogens with zero attached hydrogens (tertiary/aromatic N) is 3. The molecule has 0 aliphatic carbocycles. The maximum absolute atomic E-state index is 12.4. The van der Waals surface area contributed by atoms with Crippen molar-refractivity contribution in [1.82, 2.24) is 15.2 Å². The van der Waals surface area contributed by atoms with E-state index >= 15 is 0 Å². The zero-order chi connectivity index (χ0) is 19.5. The number of nitrogens with one attached hydrogen (secondary N) is 1. The third kappa shape index (κ3) is 3.97. The molecule has 1 N–H and O–H groups in total. The Kier molecular flexibility index (Phi) is 5.48. The van der Waals surface area contributed by atoms with Gasteiger partial charge in [-0.1, -0.05) is 47.7 Å². The number of thiazole rings is 1. The van der Waals surface area contributed by atoms with E-state index in [1.807, 2.05) is 23.1 Å². The van der Waals surface area contributed by atoms with Crippen LogP contribution in [0.15, 0.2) is 42.5 Å². The molecule has 0 saturated carbocycles. The maximum Gasteiger partial charge on any atom is 0.317 e. The van der Waals surface area contributed by atoms with E-state index in [2.05, 4.69) is 48.3 Å². The predicted octanol–water partition coefficient (Wildman–Crippen LogP) is 3.99. The summed E-state index contributed by atoms with van der Waals surface area (Å²) >= 11 is 1.74. The van der Waals surface area contributed by atoms with Crippen molar-refractivity contribution in [3.8, 4) is 0 Å². The molecule has 1 aromatic heterocycles. The molecular formula is C22H26N4OS. The fourth-order valence-electron chi connectivity index (χ4n) is 3.52. The van der Waals surface area contributed by atoms with E-state index in [4.69, 9.17) is 4.98 Å². The van der Waals surface area contributed by atoms with Crippen molar-refractivity contribution in [1.29, 1.82) is 0 Å². The fourth-order valence-corrected chi connectivity index (χ4v) is 4.60. The summed E-state index contributed by atoms with van der Waals surface area (Å²) in [6, 6.07) is 14.6. The number of carbonyl (C=O) groups excluding carboxylic acids is 1. The van der Waals surface area contributed by atoms with Crippen LogP contribution >= 0.6 is 11.3 Å². The van der Waals surface area contributed by atoms with Crippen LogP contribution in [-0.2, 0) is 6.42 Å². The zero-order valence-electron chi connectivity index (χ0n) is 16.4. The van der Waals surface area contributed by atoms with Crippen molar-refractivity contribution < 1.29 is 4.79 Å². The molecule has 5 nitrogen and oxygen atoms in total. The molecule has 3 aromatic rings. The highest BCUT2D eigenvalue weighted by Crippen LogP contribution is 2.32. The molecule has 0 radical (unpaired) electrons. The quantitative estimate of drug-likeness (QED) is 0.728.